The van der Waals surface area contributed by atoms with Crippen LogP contribution in [0.5, 0.6) is 0 Å². The molecule has 3 unspecified atom stereocenters. The quantitative estimate of drug-likeness (QED) is 0.0272. The van der Waals surface area contributed by atoms with Crippen LogP contribution in [0, 0.1) is 0 Å². The molecule has 0 fully saturated rings. The van der Waals surface area contributed by atoms with Gasteiger partial charge in [0.2, 0.25) is 5.91 Å². The maximum absolute atomic E-state index is 13.0. The van der Waals surface area contributed by atoms with E-state index in [1.54, 1.807) is 6.08 Å². The fourth-order valence-electron chi connectivity index (χ4n) is 9.39. The van der Waals surface area contributed by atoms with E-state index < -0.39 is 26.6 Å². The Balaban J connectivity index is 4.10. The summed E-state index contributed by atoms with van der Waals surface area (Å²) in [6.45, 7) is 4.64. The second kappa shape index (κ2) is 56.9. The number of carbonyl (C=O) groups excluding carboxylic acids is 1. The average molecular weight is 1070 g/mol. The maximum atomic E-state index is 13.0. The fourth-order valence-corrected chi connectivity index (χ4v) is 10.1. The molecule has 0 aromatic heterocycles. The third-order valence-corrected chi connectivity index (χ3v) is 15.4. The number of allylic oxidation sites excluding steroid dienone is 9. The van der Waals surface area contributed by atoms with E-state index in [1.807, 2.05) is 27.2 Å². The van der Waals surface area contributed by atoms with Crippen LogP contribution in [0.3, 0.4) is 0 Å². The standard InChI is InChI=1S/C66H125N2O6P/c1-6-8-10-12-14-16-18-20-22-24-26-28-29-30-31-32-33-34-35-36-37-38-39-40-42-44-46-48-50-52-54-56-58-60-66(70)67-64(63-74-75(71,72)73-62-61-68(3,4)5)65(69)59-57-55-53-51-49-47-45-43-41-27-25-23-21-19-17-15-13-11-9-7-2/h18,20,24,26,41,43,49,51,57,59,64-65,69H,6-17,19,21-23,25,27-40,42,44-48,50,52-56,58,60-63H2,1-5H3,(H-,67,70,71,72)/b20-18-,26-24-,43-41+,51-49+,59-57+. The Hall–Kier alpha value is -1.80. The van der Waals surface area contributed by atoms with E-state index in [9.17, 15) is 19.4 Å². The number of carbonyl (C=O) groups is 1. The first kappa shape index (κ1) is 73.2. The van der Waals surface area contributed by atoms with Crippen molar-refractivity contribution in [2.45, 2.75) is 315 Å². The average Bonchev–Trinajstić information content (AvgIpc) is 3.37. The van der Waals surface area contributed by atoms with Gasteiger partial charge >= 0.3 is 0 Å². The molecule has 1 amide bonds. The lowest BCUT2D eigenvalue weighted by Crippen LogP contribution is -2.45. The van der Waals surface area contributed by atoms with Crippen molar-refractivity contribution in [2.75, 3.05) is 40.9 Å². The molecule has 0 aromatic rings. The van der Waals surface area contributed by atoms with Gasteiger partial charge in [-0.05, 0) is 77.0 Å². The Morgan fingerprint density at radius 2 is 0.787 bits per heavy atom. The monoisotopic (exact) mass is 1070 g/mol. The minimum absolute atomic E-state index is 0.00899. The van der Waals surface area contributed by atoms with Crippen molar-refractivity contribution in [3.05, 3.63) is 60.8 Å². The smallest absolute Gasteiger partial charge is 0.268 e. The zero-order chi connectivity index (χ0) is 54.9. The van der Waals surface area contributed by atoms with Crippen molar-refractivity contribution in [2.24, 2.45) is 0 Å². The summed E-state index contributed by atoms with van der Waals surface area (Å²) in [4.78, 5) is 25.5. The predicted molar refractivity (Wildman–Crippen MR) is 325 cm³/mol. The lowest BCUT2D eigenvalue weighted by Gasteiger charge is -2.29. The van der Waals surface area contributed by atoms with Gasteiger partial charge in [0.1, 0.15) is 13.2 Å². The number of phosphoric acid groups is 1. The third kappa shape index (κ3) is 59.7. The molecule has 0 bridgehead atoms. The molecule has 0 aromatic carbocycles. The number of aliphatic hydroxyl groups is 1. The molecule has 0 heterocycles. The SMILES string of the molecule is CCCCCCC/C=C\C/C=C\CCCCCCCCCCCCCCCCCCCCCCCC(=O)NC(COP(=O)([O-])OCC[N+](C)(C)C)C(O)/C=C/CC/C=C/CC/C=C/CCCCCCCCCCCC. The van der Waals surface area contributed by atoms with Crippen molar-refractivity contribution in [3.8, 4) is 0 Å². The first-order valence-corrected chi connectivity index (χ1v) is 33.6. The number of quaternary nitrogens is 1. The van der Waals surface area contributed by atoms with E-state index in [0.717, 1.165) is 51.4 Å². The highest BCUT2D eigenvalue weighted by atomic mass is 31.2. The van der Waals surface area contributed by atoms with Crippen LogP contribution in [0.4, 0.5) is 0 Å². The van der Waals surface area contributed by atoms with Gasteiger partial charge in [-0.1, -0.05) is 280 Å². The minimum atomic E-state index is -4.61. The van der Waals surface area contributed by atoms with E-state index in [4.69, 9.17) is 9.05 Å². The van der Waals surface area contributed by atoms with Gasteiger partial charge in [-0.2, -0.15) is 0 Å². The van der Waals surface area contributed by atoms with Gasteiger partial charge < -0.3 is 28.8 Å². The van der Waals surface area contributed by atoms with E-state index in [2.05, 4.69) is 67.8 Å². The summed E-state index contributed by atoms with van der Waals surface area (Å²) in [7, 11) is 1.24. The van der Waals surface area contributed by atoms with E-state index in [-0.39, 0.29) is 12.5 Å². The topological polar surface area (TPSA) is 108 Å². The number of unbranched alkanes of at least 4 members (excludes halogenated alkanes) is 38. The molecule has 0 spiro atoms. The van der Waals surface area contributed by atoms with Gasteiger partial charge in [0.05, 0.1) is 39.9 Å². The highest BCUT2D eigenvalue weighted by Crippen LogP contribution is 2.38. The summed E-state index contributed by atoms with van der Waals surface area (Å²) < 4.78 is 23.4. The molecule has 2 N–H and O–H groups in total. The lowest BCUT2D eigenvalue weighted by molar-refractivity contribution is -0.870. The predicted octanol–water partition coefficient (Wildman–Crippen LogP) is 19.4. The summed E-state index contributed by atoms with van der Waals surface area (Å²) in [5.74, 6) is -0.207. The molecule has 0 radical (unpaired) electrons. The number of hydrogen-bond acceptors (Lipinski definition) is 6. The lowest BCUT2D eigenvalue weighted by atomic mass is 10.0. The fraction of sp³-hybridized carbons (Fsp3) is 0.833. The van der Waals surface area contributed by atoms with Crippen LogP contribution in [-0.2, 0) is 18.4 Å². The maximum Gasteiger partial charge on any atom is 0.268 e. The number of rotatable bonds is 59. The molecule has 440 valence electrons. The summed E-state index contributed by atoms with van der Waals surface area (Å²) in [6, 6.07) is -0.911. The van der Waals surface area contributed by atoms with Crippen LogP contribution in [-0.4, -0.2) is 68.5 Å². The number of nitrogens with one attached hydrogen (secondary N) is 1. The Bertz CT molecular complexity index is 1400. The Morgan fingerprint density at radius 3 is 1.16 bits per heavy atom. The van der Waals surface area contributed by atoms with Crippen LogP contribution >= 0.6 is 7.82 Å². The summed E-state index contributed by atoms with van der Waals surface area (Å²) in [5.41, 5.74) is 0. The summed E-state index contributed by atoms with van der Waals surface area (Å²) in [6.07, 6.45) is 77.6. The van der Waals surface area contributed by atoms with Gasteiger partial charge in [0.25, 0.3) is 7.82 Å². The summed E-state index contributed by atoms with van der Waals surface area (Å²) in [5, 5.41) is 13.9. The van der Waals surface area contributed by atoms with Crippen LogP contribution in [0.15, 0.2) is 60.8 Å². The molecular formula is C66H125N2O6P. The summed E-state index contributed by atoms with van der Waals surface area (Å²) >= 11 is 0. The molecule has 0 saturated heterocycles. The van der Waals surface area contributed by atoms with Gasteiger partial charge in [-0.3, -0.25) is 9.36 Å². The van der Waals surface area contributed by atoms with Crippen molar-refractivity contribution < 1.29 is 32.9 Å². The first-order valence-electron chi connectivity index (χ1n) is 32.2. The number of likely N-dealkylation sites (N-methyl/N-ethyl adjacent to an activating group) is 1. The minimum Gasteiger partial charge on any atom is -0.756 e. The van der Waals surface area contributed by atoms with E-state index in [1.165, 1.54) is 231 Å². The van der Waals surface area contributed by atoms with Crippen molar-refractivity contribution >= 4 is 13.7 Å². The van der Waals surface area contributed by atoms with Gasteiger partial charge in [0.15, 0.2) is 0 Å². The zero-order valence-corrected chi connectivity index (χ0v) is 51.1. The number of aliphatic hydroxyl groups excluding tert-OH is 1. The van der Waals surface area contributed by atoms with E-state index >= 15 is 0 Å². The van der Waals surface area contributed by atoms with E-state index in [0.29, 0.717) is 17.4 Å². The number of phosphoric ester groups is 1. The molecule has 0 rings (SSSR count). The number of nitrogens with zero attached hydrogens (tertiary/aromatic N) is 1. The largest absolute Gasteiger partial charge is 0.756 e. The van der Waals surface area contributed by atoms with Crippen LogP contribution in [0.25, 0.3) is 0 Å². The second-order valence-corrected chi connectivity index (χ2v) is 24.5. The molecule has 0 aliphatic heterocycles. The molecular weight excluding hydrogens is 948 g/mol. The highest BCUT2D eigenvalue weighted by Gasteiger charge is 2.23. The third-order valence-electron chi connectivity index (χ3n) is 14.4. The molecule has 0 saturated carbocycles. The first-order chi connectivity index (χ1) is 36.5. The molecule has 9 heteroatoms. The Labute approximate surface area is 466 Å². The van der Waals surface area contributed by atoms with Crippen LogP contribution < -0.4 is 10.2 Å². The van der Waals surface area contributed by atoms with Gasteiger partial charge in [-0.25, -0.2) is 0 Å². The zero-order valence-electron chi connectivity index (χ0n) is 50.3. The second-order valence-electron chi connectivity index (χ2n) is 23.1. The molecule has 8 nitrogen and oxygen atoms in total. The molecule has 0 aliphatic carbocycles. The molecule has 0 aliphatic rings. The Kier molecular flexibility index (Phi) is 55.5. The Morgan fingerprint density at radius 1 is 0.467 bits per heavy atom. The van der Waals surface area contributed by atoms with Gasteiger partial charge in [0, 0.05) is 6.42 Å². The number of amides is 1. The highest BCUT2D eigenvalue weighted by molar-refractivity contribution is 7.45. The number of hydrogen-bond donors (Lipinski definition) is 2. The van der Waals surface area contributed by atoms with Crippen molar-refractivity contribution in [1.29, 1.82) is 0 Å². The molecule has 75 heavy (non-hydrogen) atoms. The van der Waals surface area contributed by atoms with Crippen LogP contribution in [0.1, 0.15) is 303 Å². The molecule has 3 atom stereocenters. The van der Waals surface area contributed by atoms with Gasteiger partial charge in [-0.15, -0.1) is 0 Å². The van der Waals surface area contributed by atoms with Crippen LogP contribution in [0.2, 0.25) is 0 Å². The van der Waals surface area contributed by atoms with Crippen molar-refractivity contribution in [3.63, 3.8) is 0 Å². The van der Waals surface area contributed by atoms with Crippen molar-refractivity contribution in [1.82, 2.24) is 5.32 Å². The normalized spacial score (nSPS) is 14.2.